The molecule has 25 heavy (non-hydrogen) atoms. The monoisotopic (exact) mass is 360 g/mol. The summed E-state index contributed by atoms with van der Waals surface area (Å²) >= 11 is 5.69. The van der Waals surface area contributed by atoms with Crippen molar-refractivity contribution >= 4 is 29.0 Å². The fraction of sp³-hybridized carbons (Fsp3) is 0.600. The van der Waals surface area contributed by atoms with E-state index in [1.54, 1.807) is 19.1 Å². The maximum absolute atomic E-state index is 11.7. The number of hydrogen-bond acceptors (Lipinski definition) is 3. The molecule has 0 amide bonds. The van der Waals surface area contributed by atoms with Crippen LogP contribution in [-0.2, 0) is 4.74 Å². The zero-order valence-electron chi connectivity index (χ0n) is 15.6. The number of thiocarbonyl (C=S) groups is 1. The topological polar surface area (TPSA) is 41.6 Å². The number of fused-ring (bicyclic) bond motifs is 2. The lowest BCUT2D eigenvalue weighted by Gasteiger charge is -2.39. The summed E-state index contributed by atoms with van der Waals surface area (Å²) in [5, 5.41) is 4.13. The smallest absolute Gasteiger partial charge is 0.338 e. The quantitative estimate of drug-likeness (QED) is 0.637. The molecule has 5 heteroatoms. The van der Waals surface area contributed by atoms with Crippen LogP contribution >= 0.6 is 12.2 Å². The van der Waals surface area contributed by atoms with Crippen molar-refractivity contribution < 1.29 is 9.53 Å². The van der Waals surface area contributed by atoms with Gasteiger partial charge in [0.2, 0.25) is 0 Å². The molecule has 0 unspecified atom stereocenters. The molecule has 1 N–H and O–H groups in total. The Morgan fingerprint density at radius 1 is 1.28 bits per heavy atom. The number of carbonyl (C=O) groups excluding carboxylic acids is 1. The third-order valence-corrected chi connectivity index (χ3v) is 5.66. The highest BCUT2D eigenvalue weighted by Gasteiger charge is 2.50. The largest absolute Gasteiger partial charge is 0.462 e. The highest BCUT2D eigenvalue weighted by Crippen LogP contribution is 2.52. The zero-order chi connectivity index (χ0) is 18.2. The van der Waals surface area contributed by atoms with Crippen molar-refractivity contribution in [1.82, 2.24) is 4.90 Å². The average Bonchev–Trinajstić information content (AvgIpc) is 2.77. The van der Waals surface area contributed by atoms with Gasteiger partial charge in [-0.1, -0.05) is 20.8 Å². The van der Waals surface area contributed by atoms with Gasteiger partial charge in [-0.2, -0.15) is 0 Å². The highest BCUT2D eigenvalue weighted by molar-refractivity contribution is 7.80. The predicted molar refractivity (Wildman–Crippen MR) is 105 cm³/mol. The molecule has 2 aliphatic rings. The number of benzene rings is 1. The van der Waals surface area contributed by atoms with E-state index in [1.165, 1.54) is 19.3 Å². The van der Waals surface area contributed by atoms with Gasteiger partial charge in [0.05, 0.1) is 12.2 Å². The van der Waals surface area contributed by atoms with E-state index in [-0.39, 0.29) is 5.97 Å². The minimum absolute atomic E-state index is 0.292. The summed E-state index contributed by atoms with van der Waals surface area (Å²) in [6.45, 7) is 10.3. The molecule has 3 rings (SSSR count). The third-order valence-electron chi connectivity index (χ3n) is 5.32. The Labute approximate surface area is 155 Å². The molecule has 1 saturated carbocycles. The minimum atomic E-state index is -0.292. The first kappa shape index (κ1) is 18.2. The van der Waals surface area contributed by atoms with Gasteiger partial charge in [-0.05, 0) is 73.5 Å². The van der Waals surface area contributed by atoms with Gasteiger partial charge in [0, 0.05) is 18.3 Å². The van der Waals surface area contributed by atoms with Crippen LogP contribution in [0.25, 0.3) is 0 Å². The first-order valence-corrected chi connectivity index (χ1v) is 9.47. The van der Waals surface area contributed by atoms with Gasteiger partial charge in [0.1, 0.15) is 0 Å². The lowest BCUT2D eigenvalue weighted by molar-refractivity contribution is 0.0526. The summed E-state index contributed by atoms with van der Waals surface area (Å²) in [6.07, 6.45) is 3.66. The molecule has 136 valence electrons. The predicted octanol–water partition coefficient (Wildman–Crippen LogP) is 4.46. The van der Waals surface area contributed by atoms with Crippen molar-refractivity contribution in [1.29, 1.82) is 0 Å². The number of nitrogens with one attached hydrogen (secondary N) is 1. The first-order valence-electron chi connectivity index (χ1n) is 9.06. The third kappa shape index (κ3) is 3.97. The average molecular weight is 361 g/mol. The number of hydrogen-bond donors (Lipinski definition) is 1. The second-order valence-corrected chi connectivity index (χ2v) is 8.96. The van der Waals surface area contributed by atoms with Crippen LogP contribution in [0.5, 0.6) is 0 Å². The molecule has 1 aliphatic heterocycles. The Kier molecular flexibility index (Phi) is 4.80. The van der Waals surface area contributed by atoms with Crippen molar-refractivity contribution in [3.63, 3.8) is 0 Å². The Morgan fingerprint density at radius 3 is 2.60 bits per heavy atom. The van der Waals surface area contributed by atoms with E-state index >= 15 is 0 Å². The van der Waals surface area contributed by atoms with Gasteiger partial charge >= 0.3 is 5.97 Å². The first-order chi connectivity index (χ1) is 11.7. The Balaban J connectivity index is 1.66. The summed E-state index contributed by atoms with van der Waals surface area (Å²) in [4.78, 5) is 14.1. The van der Waals surface area contributed by atoms with E-state index in [9.17, 15) is 4.79 Å². The molecule has 1 heterocycles. The van der Waals surface area contributed by atoms with Crippen LogP contribution < -0.4 is 5.32 Å². The Hall–Kier alpha value is -1.62. The van der Waals surface area contributed by atoms with E-state index in [1.807, 2.05) is 12.1 Å². The molecule has 0 aromatic heterocycles. The van der Waals surface area contributed by atoms with Gasteiger partial charge in [-0.15, -0.1) is 0 Å². The molecule has 1 aliphatic carbocycles. The standard InChI is InChI=1S/C20H28N2O2S/c1-5-24-17(23)14-6-8-15(9-7-14)21-18(25)22-13-20(4)11-16(22)10-19(2,3)12-20/h6-9,16H,5,10-13H2,1-4H3,(H,21,25)/t16-,20+/m1/s1. The Morgan fingerprint density at radius 2 is 1.96 bits per heavy atom. The van der Waals surface area contributed by atoms with E-state index < -0.39 is 0 Å². The maximum atomic E-state index is 11.7. The van der Waals surface area contributed by atoms with Crippen LogP contribution in [0.4, 0.5) is 5.69 Å². The summed E-state index contributed by atoms with van der Waals surface area (Å²) in [7, 11) is 0. The minimum Gasteiger partial charge on any atom is -0.462 e. The molecule has 1 aromatic carbocycles. The number of rotatable bonds is 3. The van der Waals surface area contributed by atoms with Gasteiger partial charge in [0.25, 0.3) is 0 Å². The van der Waals surface area contributed by atoms with Gasteiger partial charge in [0.15, 0.2) is 5.11 Å². The lowest BCUT2D eigenvalue weighted by Crippen LogP contribution is -2.39. The SMILES string of the molecule is CCOC(=O)c1ccc(NC(=S)N2C[C@@]3(C)C[C@H]2CC(C)(C)C3)cc1. The van der Waals surface area contributed by atoms with Crippen LogP contribution in [-0.4, -0.2) is 35.2 Å². The van der Waals surface area contributed by atoms with E-state index in [2.05, 4.69) is 31.0 Å². The molecule has 2 bridgehead atoms. The van der Waals surface area contributed by atoms with Gasteiger partial charge in [-0.3, -0.25) is 0 Å². The van der Waals surface area contributed by atoms with Crippen LogP contribution in [0.2, 0.25) is 0 Å². The number of anilines is 1. The molecule has 2 atom stereocenters. The highest BCUT2D eigenvalue weighted by atomic mass is 32.1. The molecule has 2 fully saturated rings. The fourth-order valence-corrected chi connectivity index (χ4v) is 5.13. The van der Waals surface area contributed by atoms with Crippen LogP contribution in [0.3, 0.4) is 0 Å². The van der Waals surface area contributed by atoms with Crippen molar-refractivity contribution in [2.75, 3.05) is 18.5 Å². The van der Waals surface area contributed by atoms with Gasteiger partial charge in [-0.25, -0.2) is 4.79 Å². The number of nitrogens with zero attached hydrogens (tertiary/aromatic N) is 1. The number of carbonyl (C=O) groups is 1. The molecular weight excluding hydrogens is 332 g/mol. The molecular formula is C20H28N2O2S. The molecule has 1 saturated heterocycles. The van der Waals surface area contributed by atoms with E-state index in [0.29, 0.717) is 29.0 Å². The summed E-state index contributed by atoms with van der Waals surface area (Å²) in [6, 6.07) is 7.83. The molecule has 4 nitrogen and oxygen atoms in total. The van der Waals surface area contributed by atoms with Crippen molar-refractivity contribution in [3.8, 4) is 0 Å². The van der Waals surface area contributed by atoms with Crippen LogP contribution in [0.1, 0.15) is 57.3 Å². The van der Waals surface area contributed by atoms with Crippen molar-refractivity contribution in [2.24, 2.45) is 10.8 Å². The number of ether oxygens (including phenoxy) is 1. The zero-order valence-corrected chi connectivity index (χ0v) is 16.4. The Bertz CT molecular complexity index is 671. The lowest BCUT2D eigenvalue weighted by atomic mass is 9.65. The molecule has 1 aromatic rings. The van der Waals surface area contributed by atoms with Crippen LogP contribution in [0.15, 0.2) is 24.3 Å². The summed E-state index contributed by atoms with van der Waals surface area (Å²) < 4.78 is 5.01. The van der Waals surface area contributed by atoms with Gasteiger partial charge < -0.3 is 15.0 Å². The van der Waals surface area contributed by atoms with E-state index in [0.717, 1.165) is 17.3 Å². The fourth-order valence-electron chi connectivity index (χ4n) is 4.80. The van der Waals surface area contributed by atoms with Crippen molar-refractivity contribution in [3.05, 3.63) is 29.8 Å². The number of esters is 1. The second kappa shape index (κ2) is 6.60. The maximum Gasteiger partial charge on any atom is 0.338 e. The second-order valence-electron chi connectivity index (χ2n) is 8.57. The normalized spacial score (nSPS) is 27.0. The van der Waals surface area contributed by atoms with E-state index in [4.69, 9.17) is 17.0 Å². The van der Waals surface area contributed by atoms with Crippen molar-refractivity contribution in [2.45, 2.75) is 53.0 Å². The molecule has 0 spiro atoms. The van der Waals surface area contributed by atoms with Crippen LogP contribution in [0, 0.1) is 10.8 Å². The summed E-state index contributed by atoms with van der Waals surface area (Å²) in [5.74, 6) is -0.292. The molecule has 0 radical (unpaired) electrons. The summed E-state index contributed by atoms with van der Waals surface area (Å²) in [5.41, 5.74) is 2.20. The number of likely N-dealkylation sites (tertiary alicyclic amines) is 1.